The number of allylic oxidation sites excluding steroid dienone is 2. The summed E-state index contributed by atoms with van der Waals surface area (Å²) in [7, 11) is 0. The summed E-state index contributed by atoms with van der Waals surface area (Å²) in [5, 5.41) is 0. The average molecular weight is 295 g/mol. The summed E-state index contributed by atoms with van der Waals surface area (Å²) in [4.78, 5) is 37.4. The first-order valence-electron chi connectivity index (χ1n) is 7.41. The molecule has 2 bridgehead atoms. The molecular weight excluding hydrogens is 282 g/mol. The highest BCUT2D eigenvalue weighted by atomic mass is 16.2. The van der Waals surface area contributed by atoms with E-state index in [-0.39, 0.29) is 41.1 Å². The maximum Gasteiger partial charge on any atom is 0.352 e. The number of hydrogen-bond donors (Lipinski definition) is 0. The molecule has 0 N–H and O–H groups in total. The minimum Gasteiger partial charge on any atom is -0.299 e. The number of carbonyl (C=O) groups is 1. The predicted molar refractivity (Wildman–Crippen MR) is 78.1 cm³/mol. The predicted octanol–water partition coefficient (Wildman–Crippen LogP) is 0.671. The summed E-state index contributed by atoms with van der Waals surface area (Å²) in [6, 6.07) is 8.41. The zero-order valence-corrected chi connectivity index (χ0v) is 11.6. The van der Waals surface area contributed by atoms with E-state index in [9.17, 15) is 14.4 Å². The van der Waals surface area contributed by atoms with E-state index >= 15 is 0 Å². The number of aromatic nitrogens is 3. The van der Waals surface area contributed by atoms with Crippen molar-refractivity contribution < 1.29 is 4.79 Å². The lowest BCUT2D eigenvalue weighted by Gasteiger charge is -2.50. The minimum atomic E-state index is -0.367. The van der Waals surface area contributed by atoms with E-state index in [4.69, 9.17) is 0 Å². The number of carbonyl (C=O) groups excluding carboxylic acids is 1. The van der Waals surface area contributed by atoms with Crippen LogP contribution >= 0.6 is 0 Å². The van der Waals surface area contributed by atoms with Crippen LogP contribution in [-0.2, 0) is 4.79 Å². The van der Waals surface area contributed by atoms with Crippen molar-refractivity contribution >= 4 is 5.78 Å². The quantitative estimate of drug-likeness (QED) is 0.726. The molecule has 4 atom stereocenters. The average Bonchev–Trinajstić information content (AvgIpc) is 2.80. The first-order valence-corrected chi connectivity index (χ1v) is 7.41. The van der Waals surface area contributed by atoms with Gasteiger partial charge in [0.25, 0.3) is 0 Å². The highest BCUT2D eigenvalue weighted by Crippen LogP contribution is 2.51. The molecule has 3 heterocycles. The van der Waals surface area contributed by atoms with Crippen molar-refractivity contribution in [3.63, 3.8) is 0 Å². The highest BCUT2D eigenvalue weighted by molar-refractivity contribution is 5.89. The fourth-order valence-electron chi connectivity index (χ4n) is 4.15. The summed E-state index contributed by atoms with van der Waals surface area (Å²) in [6.07, 6.45) is 4.38. The molecule has 0 radical (unpaired) electrons. The van der Waals surface area contributed by atoms with Gasteiger partial charge in [-0.3, -0.25) is 4.79 Å². The van der Waals surface area contributed by atoms with Crippen molar-refractivity contribution in [3.05, 3.63) is 63.5 Å². The van der Waals surface area contributed by atoms with Crippen molar-refractivity contribution in [2.75, 3.05) is 0 Å². The Morgan fingerprint density at radius 2 is 1.50 bits per heavy atom. The van der Waals surface area contributed by atoms with Crippen LogP contribution in [0.2, 0.25) is 0 Å². The molecular formula is C16H13N3O3. The van der Waals surface area contributed by atoms with Gasteiger partial charge >= 0.3 is 11.4 Å². The topological polar surface area (TPSA) is 66.0 Å². The van der Waals surface area contributed by atoms with Gasteiger partial charge in [-0.05, 0) is 12.1 Å². The third-order valence-electron chi connectivity index (χ3n) is 5.17. The Hall–Kier alpha value is -2.63. The second kappa shape index (κ2) is 3.76. The second-order valence-corrected chi connectivity index (χ2v) is 6.15. The Bertz CT molecular complexity index is 947. The lowest BCUT2D eigenvalue weighted by Crippen LogP contribution is -2.57. The van der Waals surface area contributed by atoms with Crippen LogP contribution in [0.15, 0.2) is 52.1 Å². The van der Waals surface area contributed by atoms with Gasteiger partial charge in [0.2, 0.25) is 0 Å². The number of nitrogens with zero attached hydrogens (tertiary/aromatic N) is 3. The van der Waals surface area contributed by atoms with Crippen molar-refractivity contribution in [2.45, 2.75) is 18.5 Å². The van der Waals surface area contributed by atoms with Crippen LogP contribution < -0.4 is 11.4 Å². The van der Waals surface area contributed by atoms with Crippen LogP contribution in [0.25, 0.3) is 5.69 Å². The Labute approximate surface area is 124 Å². The van der Waals surface area contributed by atoms with Crippen molar-refractivity contribution in [1.82, 2.24) is 13.9 Å². The number of hydrogen-bond acceptors (Lipinski definition) is 3. The highest BCUT2D eigenvalue weighted by Gasteiger charge is 2.56. The van der Waals surface area contributed by atoms with Gasteiger partial charge in [-0.1, -0.05) is 30.4 Å². The van der Waals surface area contributed by atoms with Crippen LogP contribution in [0.1, 0.15) is 18.5 Å². The summed E-state index contributed by atoms with van der Waals surface area (Å²) >= 11 is 0. The molecule has 0 unspecified atom stereocenters. The van der Waals surface area contributed by atoms with Crippen LogP contribution in [0.4, 0.5) is 0 Å². The Morgan fingerprint density at radius 3 is 2.18 bits per heavy atom. The number of rotatable bonds is 1. The minimum absolute atomic E-state index is 0.140. The van der Waals surface area contributed by atoms with Crippen LogP contribution in [0, 0.1) is 11.8 Å². The Balaban J connectivity index is 1.81. The third-order valence-corrected chi connectivity index (χ3v) is 5.17. The van der Waals surface area contributed by atoms with Gasteiger partial charge in [-0.15, -0.1) is 0 Å². The zero-order valence-electron chi connectivity index (χ0n) is 11.6. The molecule has 6 nitrogen and oxygen atoms in total. The molecule has 1 saturated carbocycles. The molecule has 1 aromatic heterocycles. The molecule has 0 amide bonds. The number of benzene rings is 1. The van der Waals surface area contributed by atoms with E-state index in [2.05, 4.69) is 0 Å². The van der Waals surface area contributed by atoms with Gasteiger partial charge in [-0.2, -0.15) is 0 Å². The van der Waals surface area contributed by atoms with Crippen LogP contribution in [-0.4, -0.2) is 19.7 Å². The van der Waals surface area contributed by atoms with E-state index in [0.29, 0.717) is 12.1 Å². The van der Waals surface area contributed by atoms with Gasteiger partial charge in [0, 0.05) is 18.3 Å². The van der Waals surface area contributed by atoms with Crippen LogP contribution in [0.5, 0.6) is 0 Å². The molecule has 0 spiro atoms. The van der Waals surface area contributed by atoms with E-state index in [1.165, 1.54) is 13.9 Å². The summed E-state index contributed by atoms with van der Waals surface area (Å²) in [6.45, 7) is 0. The molecule has 4 aliphatic rings. The number of para-hydroxylation sites is 1. The third kappa shape index (κ3) is 1.20. The molecule has 6 rings (SSSR count). The molecule has 110 valence electrons. The summed E-state index contributed by atoms with van der Waals surface area (Å²) in [5.74, 6) is 0.215. The van der Waals surface area contributed by atoms with Crippen LogP contribution in [0.3, 0.4) is 0 Å². The van der Waals surface area contributed by atoms with Crippen molar-refractivity contribution in [1.29, 1.82) is 0 Å². The first-order chi connectivity index (χ1) is 10.7. The van der Waals surface area contributed by atoms with E-state index in [1.54, 1.807) is 24.3 Å². The maximum atomic E-state index is 12.8. The van der Waals surface area contributed by atoms with Crippen molar-refractivity contribution in [3.8, 4) is 5.69 Å². The smallest absolute Gasteiger partial charge is 0.299 e. The summed E-state index contributed by atoms with van der Waals surface area (Å²) in [5.41, 5.74) is -0.132. The fraction of sp³-hybridized carbons (Fsp3) is 0.312. The van der Waals surface area contributed by atoms with E-state index in [1.807, 2.05) is 18.2 Å². The molecule has 1 aromatic carbocycles. The lowest BCUT2D eigenvalue weighted by molar-refractivity contribution is -0.141. The monoisotopic (exact) mass is 295 g/mol. The normalized spacial score (nSPS) is 30.8. The molecule has 0 saturated heterocycles. The Kier molecular flexibility index (Phi) is 2.05. The van der Waals surface area contributed by atoms with E-state index < -0.39 is 0 Å². The van der Waals surface area contributed by atoms with Gasteiger partial charge in [0.1, 0.15) is 5.78 Å². The number of Topliss-reactive ketones (excluding diaryl/α,β-unsaturated/α-hetero) is 1. The number of ketones is 1. The van der Waals surface area contributed by atoms with Crippen molar-refractivity contribution in [2.24, 2.45) is 11.8 Å². The second-order valence-electron chi connectivity index (χ2n) is 6.15. The molecule has 2 aliphatic carbocycles. The van der Waals surface area contributed by atoms with Gasteiger partial charge in [-0.25, -0.2) is 23.5 Å². The molecule has 22 heavy (non-hydrogen) atoms. The molecule has 2 aromatic rings. The zero-order chi connectivity index (χ0) is 15.0. The van der Waals surface area contributed by atoms with E-state index in [0.717, 1.165) is 0 Å². The molecule has 2 aliphatic heterocycles. The first kappa shape index (κ1) is 12.0. The van der Waals surface area contributed by atoms with Gasteiger partial charge < -0.3 is 0 Å². The maximum absolute atomic E-state index is 12.8. The van der Waals surface area contributed by atoms with Gasteiger partial charge in [0.05, 0.1) is 17.8 Å². The fourth-order valence-corrected chi connectivity index (χ4v) is 4.15. The largest absolute Gasteiger partial charge is 0.352 e. The van der Waals surface area contributed by atoms with Gasteiger partial charge in [0.15, 0.2) is 0 Å². The lowest BCUT2D eigenvalue weighted by atomic mass is 9.61. The Morgan fingerprint density at radius 1 is 0.864 bits per heavy atom. The summed E-state index contributed by atoms with van der Waals surface area (Å²) < 4.78 is 4.20. The SMILES string of the molecule is O=C1C[C@H]2[C@H]1[C@H]1C=C[C@H]2n2c(=O)n(-c3ccccc3)c(=O)n21. The standard InChI is InChI=1S/C16H13N3O3/c20-13-8-10-11-6-7-12(14(10)13)19-16(22)17(15(21)18(11)19)9-4-2-1-3-5-9/h1-7,10-12,14H,8H2/t10-,11-,12-,14+/m1/s1. The molecule has 1 fully saturated rings. The molecule has 6 heteroatoms.